The van der Waals surface area contributed by atoms with E-state index in [9.17, 15) is 4.79 Å². The molecule has 0 bridgehead atoms. The van der Waals surface area contributed by atoms with E-state index in [4.69, 9.17) is 11.5 Å². The molecule has 0 aliphatic rings. The van der Waals surface area contributed by atoms with Crippen LogP contribution in [-0.4, -0.2) is 17.7 Å². The molecule has 1 atom stereocenters. The molecule has 1 aromatic rings. The van der Waals surface area contributed by atoms with Crippen molar-refractivity contribution in [3.05, 3.63) is 28.7 Å². The number of rotatable bonds is 4. The molecular formula is C9H11BrN2OS. The average Bonchev–Trinajstić information content (AvgIpc) is 2.14. The first-order chi connectivity index (χ1) is 6.59. The van der Waals surface area contributed by atoms with Crippen molar-refractivity contribution in [1.29, 1.82) is 0 Å². The Balaban J connectivity index is 2.49. The molecule has 0 spiro atoms. The van der Waals surface area contributed by atoms with Crippen LogP contribution in [0.25, 0.3) is 0 Å². The number of carbonyl (C=O) groups excluding carboxylic acids is 1. The second-order valence-electron chi connectivity index (χ2n) is 2.78. The fraction of sp³-hybridized carbons (Fsp3) is 0.222. The molecule has 0 aromatic heterocycles. The molecule has 1 rings (SSSR count). The molecule has 0 saturated heterocycles. The van der Waals surface area contributed by atoms with E-state index in [-0.39, 0.29) is 0 Å². The quantitative estimate of drug-likeness (QED) is 0.815. The van der Waals surface area contributed by atoms with Crippen LogP contribution in [-0.2, 0) is 4.79 Å². The standard InChI is InChI=1S/C9H11BrN2OS/c10-6-2-1-3-7(4-6)14-5-8(11)9(12)13/h1-4,8H,5,11H2,(H2,12,13). The lowest BCUT2D eigenvalue weighted by molar-refractivity contribution is -0.118. The van der Waals surface area contributed by atoms with Crippen molar-refractivity contribution in [1.82, 2.24) is 0 Å². The number of thioether (sulfide) groups is 1. The largest absolute Gasteiger partial charge is 0.368 e. The van der Waals surface area contributed by atoms with Crippen LogP contribution in [0, 0.1) is 0 Å². The van der Waals surface area contributed by atoms with Crippen molar-refractivity contribution in [2.75, 3.05) is 5.75 Å². The Morgan fingerprint density at radius 2 is 2.29 bits per heavy atom. The van der Waals surface area contributed by atoms with Crippen LogP contribution in [0.15, 0.2) is 33.6 Å². The van der Waals surface area contributed by atoms with Gasteiger partial charge in [0.15, 0.2) is 0 Å². The van der Waals surface area contributed by atoms with E-state index in [1.807, 2.05) is 24.3 Å². The normalized spacial score (nSPS) is 12.4. The van der Waals surface area contributed by atoms with Gasteiger partial charge in [-0.3, -0.25) is 4.79 Å². The van der Waals surface area contributed by atoms with E-state index in [0.717, 1.165) is 9.37 Å². The SMILES string of the molecule is NC(=O)C(N)CSc1cccc(Br)c1. The van der Waals surface area contributed by atoms with Crippen LogP contribution in [0.5, 0.6) is 0 Å². The van der Waals surface area contributed by atoms with Crippen LogP contribution in [0.1, 0.15) is 0 Å². The first-order valence-electron chi connectivity index (χ1n) is 4.03. The number of hydrogen-bond donors (Lipinski definition) is 2. The minimum absolute atomic E-state index is 0.465. The second-order valence-corrected chi connectivity index (χ2v) is 4.79. The summed E-state index contributed by atoms with van der Waals surface area (Å²) >= 11 is 4.88. The number of benzene rings is 1. The topological polar surface area (TPSA) is 69.1 Å². The summed E-state index contributed by atoms with van der Waals surface area (Å²) in [6, 6.07) is 7.22. The Morgan fingerprint density at radius 1 is 1.57 bits per heavy atom. The number of carbonyl (C=O) groups is 1. The van der Waals surface area contributed by atoms with Crippen molar-refractivity contribution in [2.45, 2.75) is 10.9 Å². The summed E-state index contributed by atoms with van der Waals surface area (Å²) < 4.78 is 1.01. The highest BCUT2D eigenvalue weighted by molar-refractivity contribution is 9.10. The molecular weight excluding hydrogens is 264 g/mol. The molecule has 0 aliphatic carbocycles. The van der Waals surface area contributed by atoms with E-state index in [1.165, 1.54) is 11.8 Å². The Hall–Kier alpha value is -0.520. The van der Waals surface area contributed by atoms with Crippen molar-refractivity contribution in [3.63, 3.8) is 0 Å². The third-order valence-electron chi connectivity index (χ3n) is 1.59. The molecule has 1 unspecified atom stereocenters. The van der Waals surface area contributed by atoms with Gasteiger partial charge in [0, 0.05) is 15.1 Å². The van der Waals surface area contributed by atoms with Gasteiger partial charge in [0.05, 0.1) is 6.04 Å². The van der Waals surface area contributed by atoms with Gasteiger partial charge in [0.1, 0.15) is 0 Å². The molecule has 4 N–H and O–H groups in total. The van der Waals surface area contributed by atoms with Crippen LogP contribution in [0.3, 0.4) is 0 Å². The van der Waals surface area contributed by atoms with Gasteiger partial charge in [-0.2, -0.15) is 0 Å². The predicted octanol–water partition coefficient (Wildman–Crippen LogP) is 1.35. The number of nitrogens with two attached hydrogens (primary N) is 2. The molecule has 0 heterocycles. The van der Waals surface area contributed by atoms with Crippen LogP contribution in [0.2, 0.25) is 0 Å². The van der Waals surface area contributed by atoms with Crippen molar-refractivity contribution in [2.24, 2.45) is 11.5 Å². The first kappa shape index (κ1) is 11.6. The lowest BCUT2D eigenvalue weighted by Crippen LogP contribution is -2.38. The molecule has 5 heteroatoms. The van der Waals surface area contributed by atoms with Gasteiger partial charge in [-0.1, -0.05) is 22.0 Å². The van der Waals surface area contributed by atoms with Gasteiger partial charge in [0.2, 0.25) is 5.91 Å². The Morgan fingerprint density at radius 3 is 2.86 bits per heavy atom. The summed E-state index contributed by atoms with van der Waals surface area (Å²) in [6.07, 6.45) is 0. The van der Waals surface area contributed by atoms with E-state index in [1.54, 1.807) is 0 Å². The maximum atomic E-state index is 10.7. The zero-order valence-electron chi connectivity index (χ0n) is 7.44. The highest BCUT2D eigenvalue weighted by atomic mass is 79.9. The summed E-state index contributed by atoms with van der Waals surface area (Å²) in [5.74, 6) is 0.0405. The number of halogens is 1. The van der Waals surface area contributed by atoms with E-state index in [2.05, 4.69) is 15.9 Å². The Bertz CT molecular complexity index is 332. The predicted molar refractivity (Wildman–Crippen MR) is 62.0 cm³/mol. The fourth-order valence-electron chi connectivity index (χ4n) is 0.825. The van der Waals surface area contributed by atoms with Crippen LogP contribution < -0.4 is 11.5 Å². The third kappa shape index (κ3) is 3.69. The summed E-state index contributed by atoms with van der Waals surface area (Å²) in [5, 5.41) is 0. The van der Waals surface area contributed by atoms with Gasteiger partial charge in [-0.05, 0) is 18.2 Å². The molecule has 76 valence electrons. The maximum Gasteiger partial charge on any atom is 0.235 e. The molecule has 1 aromatic carbocycles. The summed E-state index contributed by atoms with van der Waals surface area (Å²) in [5.41, 5.74) is 10.5. The highest BCUT2D eigenvalue weighted by Gasteiger charge is 2.09. The van der Waals surface area contributed by atoms with Crippen molar-refractivity contribution < 1.29 is 4.79 Å². The smallest absolute Gasteiger partial charge is 0.235 e. The van der Waals surface area contributed by atoms with E-state index < -0.39 is 11.9 Å². The molecule has 0 aliphatic heterocycles. The van der Waals surface area contributed by atoms with Crippen molar-refractivity contribution >= 4 is 33.6 Å². The van der Waals surface area contributed by atoms with E-state index in [0.29, 0.717) is 5.75 Å². The summed E-state index contributed by atoms with van der Waals surface area (Å²) in [4.78, 5) is 11.7. The number of amides is 1. The van der Waals surface area contributed by atoms with E-state index >= 15 is 0 Å². The van der Waals surface area contributed by atoms with Gasteiger partial charge in [-0.25, -0.2) is 0 Å². The number of hydrogen-bond acceptors (Lipinski definition) is 3. The summed E-state index contributed by atoms with van der Waals surface area (Å²) in [6.45, 7) is 0. The first-order valence-corrected chi connectivity index (χ1v) is 5.80. The monoisotopic (exact) mass is 274 g/mol. The average molecular weight is 275 g/mol. The lowest BCUT2D eigenvalue weighted by atomic mass is 10.3. The molecule has 3 nitrogen and oxygen atoms in total. The maximum absolute atomic E-state index is 10.7. The molecule has 14 heavy (non-hydrogen) atoms. The van der Waals surface area contributed by atoms with Gasteiger partial charge >= 0.3 is 0 Å². The zero-order chi connectivity index (χ0) is 10.6. The van der Waals surface area contributed by atoms with Crippen LogP contribution >= 0.6 is 27.7 Å². The van der Waals surface area contributed by atoms with Crippen LogP contribution in [0.4, 0.5) is 0 Å². The minimum Gasteiger partial charge on any atom is -0.368 e. The van der Waals surface area contributed by atoms with Gasteiger partial charge < -0.3 is 11.5 Å². The third-order valence-corrected chi connectivity index (χ3v) is 3.20. The van der Waals surface area contributed by atoms with Gasteiger partial charge in [-0.15, -0.1) is 11.8 Å². The summed E-state index contributed by atoms with van der Waals surface area (Å²) in [7, 11) is 0. The lowest BCUT2D eigenvalue weighted by Gasteiger charge is -2.06. The zero-order valence-corrected chi connectivity index (χ0v) is 9.85. The highest BCUT2D eigenvalue weighted by Crippen LogP contribution is 2.21. The molecule has 0 radical (unpaired) electrons. The van der Waals surface area contributed by atoms with Gasteiger partial charge in [0.25, 0.3) is 0 Å². The number of primary amides is 1. The minimum atomic E-state index is -0.584. The second kappa shape index (κ2) is 5.38. The van der Waals surface area contributed by atoms with Crippen molar-refractivity contribution in [3.8, 4) is 0 Å². The Labute approximate surface area is 95.4 Å². The molecule has 0 fully saturated rings. The fourth-order valence-corrected chi connectivity index (χ4v) is 2.30. The molecule has 0 saturated carbocycles. The molecule has 1 amide bonds. The Kier molecular flexibility index (Phi) is 4.44.